The molecule has 3 nitrogen and oxygen atoms in total. The van der Waals surface area contributed by atoms with E-state index in [0.29, 0.717) is 6.61 Å². The summed E-state index contributed by atoms with van der Waals surface area (Å²) in [7, 11) is -3.46. The molecule has 0 saturated carbocycles. The molecule has 1 N–H and O–H groups in total. The van der Waals surface area contributed by atoms with Gasteiger partial charge in [-0.1, -0.05) is 19.8 Å². The van der Waals surface area contributed by atoms with Crippen LogP contribution in [0.25, 0.3) is 0 Å². The van der Waals surface area contributed by atoms with Crippen LogP contribution in [0.4, 0.5) is 0 Å². The first-order valence-electron chi connectivity index (χ1n) is 3.38. The largest absolute Gasteiger partial charge is 0.328 e. The van der Waals surface area contributed by atoms with E-state index >= 15 is 0 Å². The lowest BCUT2D eigenvalue weighted by atomic mass is 10.3. The predicted octanol–water partition coefficient (Wildman–Crippen LogP) is 2.17. The molecule has 0 spiro atoms. The standard InChI is InChI=1S/C6H14O3P/c1-3-4-5-6-9-10(2,7)8/h2-6H2,1H3,(H,7,8). The molecule has 1 radical (unpaired) electrons. The molecule has 0 aliphatic rings. The Hall–Kier alpha value is 0.150. The van der Waals surface area contributed by atoms with E-state index in [1.807, 2.05) is 0 Å². The molecule has 0 saturated heterocycles. The summed E-state index contributed by atoms with van der Waals surface area (Å²) in [6, 6.07) is 0. The highest BCUT2D eigenvalue weighted by atomic mass is 31.2. The van der Waals surface area contributed by atoms with E-state index in [1.54, 1.807) is 0 Å². The molecule has 10 heavy (non-hydrogen) atoms. The minimum absolute atomic E-state index is 0.338. The molecule has 1 atom stereocenters. The molecule has 61 valence electrons. The van der Waals surface area contributed by atoms with Crippen molar-refractivity contribution in [2.24, 2.45) is 0 Å². The van der Waals surface area contributed by atoms with Crippen molar-refractivity contribution in [2.75, 3.05) is 6.61 Å². The molecule has 1 unspecified atom stereocenters. The van der Waals surface area contributed by atoms with Crippen molar-refractivity contribution in [3.63, 3.8) is 0 Å². The lowest BCUT2D eigenvalue weighted by Crippen LogP contribution is -1.89. The quantitative estimate of drug-likeness (QED) is 0.501. The Morgan fingerprint density at radius 1 is 1.60 bits per heavy atom. The van der Waals surface area contributed by atoms with Gasteiger partial charge in [0, 0.05) is 0 Å². The summed E-state index contributed by atoms with van der Waals surface area (Å²) in [4.78, 5) is 8.54. The molecular formula is C6H14O3P. The van der Waals surface area contributed by atoms with Gasteiger partial charge >= 0.3 is 7.60 Å². The van der Waals surface area contributed by atoms with Crippen molar-refractivity contribution >= 4 is 7.60 Å². The van der Waals surface area contributed by atoms with Crippen LogP contribution in [0.1, 0.15) is 26.2 Å². The van der Waals surface area contributed by atoms with Crippen LogP contribution in [0.15, 0.2) is 0 Å². The van der Waals surface area contributed by atoms with Gasteiger partial charge in [-0.15, -0.1) is 0 Å². The fourth-order valence-electron chi connectivity index (χ4n) is 0.559. The molecule has 4 heteroatoms. The van der Waals surface area contributed by atoms with E-state index in [0.717, 1.165) is 19.3 Å². The maximum absolute atomic E-state index is 10.4. The van der Waals surface area contributed by atoms with Crippen LogP contribution in [0, 0.1) is 6.66 Å². The monoisotopic (exact) mass is 165 g/mol. The summed E-state index contributed by atoms with van der Waals surface area (Å²) in [5, 5.41) is 0. The fraction of sp³-hybridized carbons (Fsp3) is 0.833. The zero-order valence-corrected chi connectivity index (χ0v) is 7.14. The lowest BCUT2D eigenvalue weighted by molar-refractivity contribution is 0.261. The second-order valence-corrected chi connectivity index (χ2v) is 3.71. The Labute approximate surface area is 61.9 Å². The van der Waals surface area contributed by atoms with Crippen molar-refractivity contribution < 1.29 is 14.0 Å². The highest BCUT2D eigenvalue weighted by Crippen LogP contribution is 2.39. The molecule has 0 bridgehead atoms. The van der Waals surface area contributed by atoms with Crippen molar-refractivity contribution in [2.45, 2.75) is 26.2 Å². The number of rotatable bonds is 5. The van der Waals surface area contributed by atoms with E-state index in [9.17, 15) is 4.57 Å². The van der Waals surface area contributed by atoms with Gasteiger partial charge in [-0.3, -0.25) is 4.57 Å². The first kappa shape index (κ1) is 10.2. The smallest absolute Gasteiger partial charge is 0.324 e. The molecule has 0 amide bonds. The maximum Gasteiger partial charge on any atom is 0.328 e. The highest BCUT2D eigenvalue weighted by molar-refractivity contribution is 7.54. The van der Waals surface area contributed by atoms with Crippen LogP contribution >= 0.6 is 7.60 Å². The molecule has 0 fully saturated rings. The van der Waals surface area contributed by atoms with Gasteiger partial charge in [0.1, 0.15) is 0 Å². The third kappa shape index (κ3) is 8.15. The van der Waals surface area contributed by atoms with Crippen LogP contribution in [-0.2, 0) is 9.09 Å². The van der Waals surface area contributed by atoms with E-state index in [2.05, 4.69) is 18.1 Å². The van der Waals surface area contributed by atoms with Crippen LogP contribution in [0.3, 0.4) is 0 Å². The van der Waals surface area contributed by atoms with Crippen molar-refractivity contribution in [1.29, 1.82) is 0 Å². The Morgan fingerprint density at radius 3 is 2.60 bits per heavy atom. The summed E-state index contributed by atoms with van der Waals surface area (Å²) in [6.07, 6.45) is 2.94. The zero-order valence-electron chi connectivity index (χ0n) is 6.25. The van der Waals surface area contributed by atoms with Crippen LogP contribution < -0.4 is 0 Å². The molecule has 0 aromatic rings. The fourth-order valence-corrected chi connectivity index (χ4v) is 0.974. The second kappa shape index (κ2) is 4.89. The van der Waals surface area contributed by atoms with Gasteiger partial charge in [0.2, 0.25) is 0 Å². The van der Waals surface area contributed by atoms with Crippen LogP contribution in [0.5, 0.6) is 0 Å². The molecule has 0 aliphatic heterocycles. The van der Waals surface area contributed by atoms with Gasteiger partial charge in [0.25, 0.3) is 0 Å². The number of hydrogen-bond donors (Lipinski definition) is 1. The van der Waals surface area contributed by atoms with Crippen molar-refractivity contribution in [3.8, 4) is 0 Å². The Kier molecular flexibility index (Phi) is 4.96. The van der Waals surface area contributed by atoms with Crippen LogP contribution in [0.2, 0.25) is 0 Å². The predicted molar refractivity (Wildman–Crippen MR) is 40.7 cm³/mol. The molecule has 0 heterocycles. The van der Waals surface area contributed by atoms with E-state index in [1.165, 1.54) is 0 Å². The van der Waals surface area contributed by atoms with Gasteiger partial charge in [0.05, 0.1) is 13.3 Å². The lowest BCUT2D eigenvalue weighted by Gasteiger charge is -2.04. The Balaban J connectivity index is 3.13. The van der Waals surface area contributed by atoms with Gasteiger partial charge in [-0.05, 0) is 6.42 Å². The van der Waals surface area contributed by atoms with Crippen molar-refractivity contribution in [3.05, 3.63) is 6.66 Å². The van der Waals surface area contributed by atoms with Gasteiger partial charge < -0.3 is 9.42 Å². The molecule has 0 aromatic heterocycles. The summed E-state index contributed by atoms with van der Waals surface area (Å²) in [5.74, 6) is 0. The Bertz CT molecular complexity index is 118. The topological polar surface area (TPSA) is 46.5 Å². The summed E-state index contributed by atoms with van der Waals surface area (Å²) in [5.41, 5.74) is 0. The van der Waals surface area contributed by atoms with Crippen LogP contribution in [-0.4, -0.2) is 11.5 Å². The molecule has 0 rings (SSSR count). The maximum atomic E-state index is 10.4. The van der Waals surface area contributed by atoms with E-state index < -0.39 is 7.60 Å². The first-order chi connectivity index (χ1) is 4.56. The van der Waals surface area contributed by atoms with Gasteiger partial charge in [-0.2, -0.15) is 0 Å². The minimum atomic E-state index is -3.46. The molecule has 0 aliphatic carbocycles. The van der Waals surface area contributed by atoms with Gasteiger partial charge in [0.15, 0.2) is 0 Å². The third-order valence-electron chi connectivity index (χ3n) is 1.04. The molecular weight excluding hydrogens is 151 g/mol. The normalized spacial score (nSPS) is 16.7. The van der Waals surface area contributed by atoms with E-state index in [4.69, 9.17) is 4.89 Å². The van der Waals surface area contributed by atoms with E-state index in [-0.39, 0.29) is 0 Å². The minimum Gasteiger partial charge on any atom is -0.324 e. The first-order valence-corrected chi connectivity index (χ1v) is 5.14. The summed E-state index contributed by atoms with van der Waals surface area (Å²) in [6.45, 7) is 5.35. The average Bonchev–Trinajstić information content (AvgIpc) is 1.78. The SMILES string of the molecule is [CH2]P(=O)(O)OCCCCC. The van der Waals surface area contributed by atoms with Crippen molar-refractivity contribution in [1.82, 2.24) is 0 Å². The Morgan fingerprint density at radius 2 is 2.20 bits per heavy atom. The third-order valence-corrected chi connectivity index (χ3v) is 1.63. The summed E-state index contributed by atoms with van der Waals surface area (Å²) < 4.78 is 14.9. The zero-order chi connectivity index (χ0) is 8.04. The summed E-state index contributed by atoms with van der Waals surface area (Å²) >= 11 is 0. The van der Waals surface area contributed by atoms with Gasteiger partial charge in [-0.25, -0.2) is 0 Å². The number of hydrogen-bond acceptors (Lipinski definition) is 2. The number of unbranched alkanes of at least 4 members (excludes halogenated alkanes) is 2. The highest BCUT2D eigenvalue weighted by Gasteiger charge is 2.08. The average molecular weight is 165 g/mol. The second-order valence-electron chi connectivity index (χ2n) is 2.18. The molecule has 0 aromatic carbocycles.